The highest BCUT2D eigenvalue weighted by Crippen LogP contribution is 2.38. The fourth-order valence-corrected chi connectivity index (χ4v) is 4.07. The van der Waals surface area contributed by atoms with Crippen molar-refractivity contribution in [3.8, 4) is 0 Å². The second-order valence-corrected chi connectivity index (χ2v) is 7.84. The molecule has 3 rings (SSSR count). The van der Waals surface area contributed by atoms with Crippen LogP contribution in [0, 0.1) is 19.8 Å². The number of nitrogens with one attached hydrogen (secondary N) is 1. The molecule has 150 valence electrons. The average Bonchev–Trinajstić information content (AvgIpc) is 2.89. The molecule has 1 aromatic rings. The van der Waals surface area contributed by atoms with Crippen LogP contribution in [0.25, 0.3) is 0 Å². The molecule has 0 bridgehead atoms. The first-order chi connectivity index (χ1) is 13.2. The zero-order chi connectivity index (χ0) is 20.5. The number of hydrogen-bond donors (Lipinski definition) is 1. The van der Waals surface area contributed by atoms with Crippen molar-refractivity contribution in [2.24, 2.45) is 5.92 Å². The predicted octanol–water partition coefficient (Wildman–Crippen LogP) is 2.53. The van der Waals surface area contributed by atoms with Gasteiger partial charge in [-0.1, -0.05) is 37.5 Å². The van der Waals surface area contributed by atoms with E-state index in [-0.39, 0.29) is 17.6 Å². The number of urea groups is 1. The average molecular weight is 386 g/mol. The van der Waals surface area contributed by atoms with Gasteiger partial charge in [0.25, 0.3) is 5.91 Å². The molecule has 28 heavy (non-hydrogen) atoms. The Hall–Kier alpha value is -2.70. The summed E-state index contributed by atoms with van der Waals surface area (Å²) >= 11 is 0. The topological polar surface area (TPSA) is 92.8 Å². The van der Waals surface area contributed by atoms with E-state index in [1.165, 1.54) is 0 Å². The largest absolute Gasteiger partial charge is 0.456 e. The first-order valence-electron chi connectivity index (χ1n) is 9.65. The molecule has 2 fully saturated rings. The van der Waals surface area contributed by atoms with Gasteiger partial charge in [0, 0.05) is 5.56 Å². The Kier molecular flexibility index (Phi) is 5.54. The maximum absolute atomic E-state index is 12.8. The molecule has 7 heteroatoms. The van der Waals surface area contributed by atoms with Gasteiger partial charge in [-0.3, -0.25) is 19.3 Å². The lowest BCUT2D eigenvalue weighted by atomic mass is 9.73. The molecular formula is C21H26N2O5. The van der Waals surface area contributed by atoms with Crippen molar-refractivity contribution in [2.45, 2.75) is 52.0 Å². The fourth-order valence-electron chi connectivity index (χ4n) is 4.07. The summed E-state index contributed by atoms with van der Waals surface area (Å²) in [4.78, 5) is 50.6. The molecule has 1 saturated heterocycles. The van der Waals surface area contributed by atoms with Gasteiger partial charge in [0.2, 0.25) is 5.78 Å². The Morgan fingerprint density at radius 3 is 2.71 bits per heavy atom. The Morgan fingerprint density at radius 1 is 1.25 bits per heavy atom. The number of rotatable bonds is 5. The van der Waals surface area contributed by atoms with Gasteiger partial charge < -0.3 is 10.1 Å². The van der Waals surface area contributed by atoms with Crippen LogP contribution in [0.2, 0.25) is 0 Å². The molecule has 1 heterocycles. The van der Waals surface area contributed by atoms with Gasteiger partial charge >= 0.3 is 12.0 Å². The maximum atomic E-state index is 12.8. The highest BCUT2D eigenvalue weighted by atomic mass is 16.5. The zero-order valence-corrected chi connectivity index (χ0v) is 16.5. The second kappa shape index (κ2) is 7.73. The lowest BCUT2D eigenvalue weighted by molar-refractivity contribution is -0.147. The van der Waals surface area contributed by atoms with E-state index < -0.39 is 30.7 Å². The highest BCUT2D eigenvalue weighted by molar-refractivity contribution is 6.09. The molecule has 0 unspecified atom stereocenters. The molecule has 7 nitrogen and oxygen atoms in total. The van der Waals surface area contributed by atoms with Crippen LogP contribution in [0.1, 0.15) is 54.1 Å². The van der Waals surface area contributed by atoms with Gasteiger partial charge in [0.15, 0.2) is 6.61 Å². The lowest BCUT2D eigenvalue weighted by Crippen LogP contribution is -2.54. The first-order valence-corrected chi connectivity index (χ1v) is 9.65. The summed E-state index contributed by atoms with van der Waals surface area (Å²) in [6.07, 6.45) is 3.32. The number of hydrogen-bond acceptors (Lipinski definition) is 5. The minimum Gasteiger partial charge on any atom is -0.456 e. The van der Waals surface area contributed by atoms with Crippen LogP contribution in [0.15, 0.2) is 18.2 Å². The molecule has 1 aromatic carbocycles. The van der Waals surface area contributed by atoms with E-state index in [2.05, 4.69) is 5.32 Å². The van der Waals surface area contributed by atoms with Crippen LogP contribution in [0.5, 0.6) is 0 Å². The van der Waals surface area contributed by atoms with Crippen molar-refractivity contribution < 1.29 is 23.9 Å². The van der Waals surface area contributed by atoms with E-state index in [9.17, 15) is 19.2 Å². The third kappa shape index (κ3) is 3.66. The molecule has 1 N–H and O–H groups in total. The van der Waals surface area contributed by atoms with E-state index in [0.717, 1.165) is 35.3 Å². The van der Waals surface area contributed by atoms with Crippen LogP contribution < -0.4 is 5.32 Å². The number of benzene rings is 1. The SMILES string of the molecule is Cc1ccc(C)c(C(=O)COC(=O)CN2C(=O)N[C@@]3(CCCC[C@H]3C)C2=O)c1. The fraction of sp³-hybridized carbons (Fsp3) is 0.524. The summed E-state index contributed by atoms with van der Waals surface area (Å²) in [7, 11) is 0. The Labute approximate surface area is 164 Å². The Bertz CT molecular complexity index is 834. The maximum Gasteiger partial charge on any atom is 0.326 e. The lowest BCUT2D eigenvalue weighted by Gasteiger charge is -2.36. The number of esters is 1. The number of carbonyl (C=O) groups is 4. The number of Topliss-reactive ketones (excluding diaryl/α,β-unsaturated/α-hetero) is 1. The van der Waals surface area contributed by atoms with Crippen molar-refractivity contribution in [1.82, 2.24) is 10.2 Å². The van der Waals surface area contributed by atoms with Crippen LogP contribution in [-0.2, 0) is 14.3 Å². The molecule has 2 atom stereocenters. The standard InChI is InChI=1S/C21H26N2O5/c1-13-7-8-14(2)16(10-13)17(24)12-28-18(25)11-23-19(26)21(22-20(23)27)9-5-4-6-15(21)3/h7-8,10,15H,4-6,9,11-12H2,1-3H3,(H,22,27)/t15-,21-/m1/s1. The second-order valence-electron chi connectivity index (χ2n) is 7.84. The summed E-state index contributed by atoms with van der Waals surface area (Å²) < 4.78 is 5.05. The zero-order valence-electron chi connectivity index (χ0n) is 16.5. The molecule has 0 aromatic heterocycles. The molecule has 1 aliphatic heterocycles. The van der Waals surface area contributed by atoms with Crippen LogP contribution in [0.4, 0.5) is 4.79 Å². The van der Waals surface area contributed by atoms with Crippen molar-refractivity contribution in [3.05, 3.63) is 34.9 Å². The number of carbonyl (C=O) groups excluding carboxylic acids is 4. The molecule has 1 spiro atoms. The van der Waals surface area contributed by atoms with Gasteiger partial charge in [-0.25, -0.2) is 4.79 Å². The smallest absolute Gasteiger partial charge is 0.326 e. The van der Waals surface area contributed by atoms with Gasteiger partial charge in [0.1, 0.15) is 12.1 Å². The molecule has 0 radical (unpaired) electrons. The number of amides is 3. The molecule has 1 saturated carbocycles. The van der Waals surface area contributed by atoms with Gasteiger partial charge in [0.05, 0.1) is 0 Å². The molecular weight excluding hydrogens is 360 g/mol. The third-order valence-electron chi connectivity index (χ3n) is 5.85. The van der Waals surface area contributed by atoms with Gasteiger partial charge in [-0.15, -0.1) is 0 Å². The minimum absolute atomic E-state index is 0.0181. The molecule has 1 aliphatic carbocycles. The van der Waals surface area contributed by atoms with Crippen molar-refractivity contribution in [1.29, 1.82) is 0 Å². The molecule has 2 aliphatic rings. The number of imide groups is 1. The van der Waals surface area contributed by atoms with Crippen LogP contribution in [-0.4, -0.2) is 47.3 Å². The summed E-state index contributed by atoms with van der Waals surface area (Å²) in [5, 5.41) is 2.79. The summed E-state index contributed by atoms with van der Waals surface area (Å²) in [6, 6.07) is 4.91. The van der Waals surface area contributed by atoms with Gasteiger partial charge in [-0.2, -0.15) is 0 Å². The number of ketones is 1. The minimum atomic E-state index is -0.913. The highest BCUT2D eigenvalue weighted by Gasteiger charge is 2.55. The normalized spacial score (nSPS) is 24.4. The van der Waals surface area contributed by atoms with E-state index in [0.29, 0.717) is 12.0 Å². The van der Waals surface area contributed by atoms with Crippen molar-refractivity contribution in [2.75, 3.05) is 13.2 Å². The molecule has 3 amide bonds. The quantitative estimate of drug-likeness (QED) is 0.477. The number of aryl methyl sites for hydroxylation is 2. The Balaban J connectivity index is 1.60. The summed E-state index contributed by atoms with van der Waals surface area (Å²) in [6.45, 7) is 4.73. The summed E-state index contributed by atoms with van der Waals surface area (Å²) in [5.41, 5.74) is 1.32. The monoisotopic (exact) mass is 386 g/mol. The van der Waals surface area contributed by atoms with E-state index in [4.69, 9.17) is 4.74 Å². The number of ether oxygens (including phenoxy) is 1. The Morgan fingerprint density at radius 2 is 2.00 bits per heavy atom. The summed E-state index contributed by atoms with van der Waals surface area (Å²) in [5.74, 6) is -1.45. The van der Waals surface area contributed by atoms with E-state index in [1.807, 2.05) is 32.9 Å². The van der Waals surface area contributed by atoms with Crippen molar-refractivity contribution >= 4 is 23.7 Å². The van der Waals surface area contributed by atoms with E-state index in [1.54, 1.807) is 6.07 Å². The van der Waals surface area contributed by atoms with Crippen LogP contribution in [0.3, 0.4) is 0 Å². The first kappa shape index (κ1) is 20.0. The number of nitrogens with zero attached hydrogens (tertiary/aromatic N) is 1. The van der Waals surface area contributed by atoms with E-state index >= 15 is 0 Å². The van der Waals surface area contributed by atoms with Gasteiger partial charge in [-0.05, 0) is 44.2 Å². The van der Waals surface area contributed by atoms with Crippen molar-refractivity contribution in [3.63, 3.8) is 0 Å². The van der Waals surface area contributed by atoms with Crippen LogP contribution >= 0.6 is 0 Å². The predicted molar refractivity (Wildman–Crippen MR) is 102 cm³/mol. The third-order valence-corrected chi connectivity index (χ3v) is 5.85.